The van der Waals surface area contributed by atoms with Gasteiger partial charge >= 0.3 is 0 Å². The Morgan fingerprint density at radius 3 is 1.67 bits per heavy atom. The second-order valence-electron chi connectivity index (χ2n) is 12.8. The van der Waals surface area contributed by atoms with Crippen LogP contribution in [0.2, 0.25) is 0 Å². The normalized spacial score (nSPS) is 12.2. The molecule has 2 heterocycles. The molecule has 0 atom stereocenters. The largest absolute Gasteiger partial charge is 0.455 e. The molecule has 2 aromatic heterocycles. The summed E-state index contributed by atoms with van der Waals surface area (Å²) in [5.41, 5.74) is 6.87. The molecule has 11 rings (SSSR count). The van der Waals surface area contributed by atoms with Gasteiger partial charge in [-0.15, -0.1) is 11.3 Å². The molecule has 0 unspecified atom stereocenters. The fourth-order valence-corrected chi connectivity index (χ4v) is 9.31. The van der Waals surface area contributed by atoms with E-state index in [1.165, 1.54) is 85.5 Å². The summed E-state index contributed by atoms with van der Waals surface area (Å²) in [5.74, 6) is 0. The Morgan fingerprint density at radius 2 is 0.938 bits per heavy atom. The number of hydrogen-bond acceptors (Lipinski definition) is 2. The second-order valence-corrected chi connectivity index (χ2v) is 13.8. The van der Waals surface area contributed by atoms with Gasteiger partial charge in [0.1, 0.15) is 11.2 Å². The van der Waals surface area contributed by atoms with Gasteiger partial charge in [-0.3, -0.25) is 0 Å². The zero-order chi connectivity index (χ0) is 31.3. The van der Waals surface area contributed by atoms with Gasteiger partial charge in [0.05, 0.1) is 0 Å². The zero-order valence-corrected chi connectivity index (χ0v) is 26.6. The molecule has 0 fully saturated rings. The highest BCUT2D eigenvalue weighted by Gasteiger charge is 2.20. The van der Waals surface area contributed by atoms with Crippen LogP contribution in [0.5, 0.6) is 0 Å². The molecule has 0 saturated heterocycles. The van der Waals surface area contributed by atoms with Gasteiger partial charge in [0.25, 0.3) is 0 Å². The smallest absolute Gasteiger partial charge is 0.144 e. The van der Waals surface area contributed by atoms with Crippen molar-refractivity contribution >= 4 is 96.5 Å². The molecular formula is C46H26OS. The van der Waals surface area contributed by atoms with Crippen molar-refractivity contribution in [1.29, 1.82) is 0 Å². The Morgan fingerprint density at radius 1 is 0.375 bits per heavy atom. The molecule has 222 valence electrons. The second kappa shape index (κ2) is 9.78. The molecule has 9 aromatic carbocycles. The van der Waals surface area contributed by atoms with Crippen LogP contribution >= 0.6 is 11.3 Å². The summed E-state index contributed by atoms with van der Waals surface area (Å²) in [6.45, 7) is 0. The maximum atomic E-state index is 6.73. The van der Waals surface area contributed by atoms with Gasteiger partial charge in [0, 0.05) is 30.9 Å². The molecule has 48 heavy (non-hydrogen) atoms. The van der Waals surface area contributed by atoms with E-state index in [4.69, 9.17) is 4.42 Å². The molecular weight excluding hydrogens is 601 g/mol. The summed E-state index contributed by atoms with van der Waals surface area (Å²) in [6.07, 6.45) is 0. The first kappa shape index (κ1) is 26.1. The van der Waals surface area contributed by atoms with Gasteiger partial charge < -0.3 is 4.42 Å². The summed E-state index contributed by atoms with van der Waals surface area (Å²) >= 11 is 1.86. The van der Waals surface area contributed by atoms with Crippen LogP contribution in [0, 0.1) is 0 Å². The predicted octanol–water partition coefficient (Wildman–Crippen LogP) is 13.9. The lowest BCUT2D eigenvalue weighted by Crippen LogP contribution is -1.91. The van der Waals surface area contributed by atoms with Crippen LogP contribution in [0.4, 0.5) is 0 Å². The van der Waals surface area contributed by atoms with E-state index in [2.05, 4.69) is 158 Å². The molecule has 0 aliphatic heterocycles. The molecule has 0 aliphatic carbocycles. The molecule has 0 saturated carbocycles. The predicted molar refractivity (Wildman–Crippen MR) is 208 cm³/mol. The quantitative estimate of drug-likeness (QED) is 0.174. The molecule has 0 amide bonds. The first-order valence-electron chi connectivity index (χ1n) is 16.4. The zero-order valence-electron chi connectivity index (χ0n) is 25.8. The maximum Gasteiger partial charge on any atom is 0.144 e. The van der Waals surface area contributed by atoms with Gasteiger partial charge in [0.15, 0.2) is 0 Å². The monoisotopic (exact) mass is 626 g/mol. The third kappa shape index (κ3) is 3.61. The van der Waals surface area contributed by atoms with E-state index < -0.39 is 0 Å². The van der Waals surface area contributed by atoms with Crippen molar-refractivity contribution in [3.63, 3.8) is 0 Å². The standard InChI is InChI=1S/C46H26OS/c1-2-11-29-25-30(18-17-27(29)9-1)42-33-13-5-7-15-35(33)43(36-16-8-6-14-34(36)42)31-20-23-40-39(26-31)37-22-24-41-44(45(37)47-40)38-21-19-28-10-3-4-12-32(28)46(38)48-41/h1-26H. The van der Waals surface area contributed by atoms with Crippen molar-refractivity contribution in [2.24, 2.45) is 0 Å². The molecule has 0 spiro atoms. The summed E-state index contributed by atoms with van der Waals surface area (Å²) in [6, 6.07) is 57.7. The van der Waals surface area contributed by atoms with E-state index >= 15 is 0 Å². The number of fused-ring (bicyclic) bond motifs is 12. The van der Waals surface area contributed by atoms with E-state index in [0.29, 0.717) is 0 Å². The molecule has 0 radical (unpaired) electrons. The Labute approximate surface area is 279 Å². The van der Waals surface area contributed by atoms with Crippen LogP contribution in [0.15, 0.2) is 162 Å². The van der Waals surface area contributed by atoms with Gasteiger partial charge in [-0.1, -0.05) is 127 Å². The Hall–Kier alpha value is -5.96. The van der Waals surface area contributed by atoms with E-state index in [1.54, 1.807) is 0 Å². The summed E-state index contributed by atoms with van der Waals surface area (Å²) < 4.78 is 9.31. The van der Waals surface area contributed by atoms with Gasteiger partial charge in [0.2, 0.25) is 0 Å². The van der Waals surface area contributed by atoms with Crippen molar-refractivity contribution in [2.75, 3.05) is 0 Å². The number of thiophene rings is 1. The topological polar surface area (TPSA) is 13.1 Å². The third-order valence-corrected chi connectivity index (χ3v) is 11.4. The van der Waals surface area contributed by atoms with Crippen molar-refractivity contribution in [1.82, 2.24) is 0 Å². The molecule has 0 aliphatic rings. The summed E-state index contributed by atoms with van der Waals surface area (Å²) in [5, 5.41) is 14.9. The fraction of sp³-hybridized carbons (Fsp3) is 0. The van der Waals surface area contributed by atoms with Crippen molar-refractivity contribution < 1.29 is 4.42 Å². The highest BCUT2D eigenvalue weighted by molar-refractivity contribution is 7.26. The average molecular weight is 627 g/mol. The van der Waals surface area contributed by atoms with Gasteiger partial charge in [-0.25, -0.2) is 0 Å². The Bertz CT molecular complexity index is 3060. The highest BCUT2D eigenvalue weighted by atomic mass is 32.1. The lowest BCUT2D eigenvalue weighted by atomic mass is 9.85. The average Bonchev–Trinajstić information content (AvgIpc) is 3.72. The minimum Gasteiger partial charge on any atom is -0.455 e. The molecule has 0 bridgehead atoms. The number of hydrogen-bond donors (Lipinski definition) is 0. The lowest BCUT2D eigenvalue weighted by Gasteiger charge is -2.18. The van der Waals surface area contributed by atoms with E-state index in [9.17, 15) is 0 Å². The number of benzene rings is 9. The molecule has 0 N–H and O–H groups in total. The number of rotatable bonds is 2. The molecule has 1 nitrogen and oxygen atoms in total. The van der Waals surface area contributed by atoms with E-state index in [-0.39, 0.29) is 0 Å². The third-order valence-electron chi connectivity index (χ3n) is 10.2. The van der Waals surface area contributed by atoms with Crippen LogP contribution in [0.3, 0.4) is 0 Å². The minimum absolute atomic E-state index is 0.919. The number of furan rings is 1. The van der Waals surface area contributed by atoms with Gasteiger partial charge in [-0.2, -0.15) is 0 Å². The molecule has 2 heteroatoms. The SMILES string of the molecule is c1ccc2cc(-c3c4ccccc4c(-c4ccc5oc6c(ccc7sc8c9ccccc9ccc8c76)c5c4)c4ccccc34)ccc2c1. The van der Waals surface area contributed by atoms with Crippen LogP contribution in [-0.2, 0) is 0 Å². The highest BCUT2D eigenvalue weighted by Crippen LogP contribution is 2.47. The minimum atomic E-state index is 0.919. The lowest BCUT2D eigenvalue weighted by molar-refractivity contribution is 0.673. The van der Waals surface area contributed by atoms with E-state index in [0.717, 1.165) is 21.9 Å². The van der Waals surface area contributed by atoms with Crippen LogP contribution < -0.4 is 0 Å². The fourth-order valence-electron chi connectivity index (χ4n) is 8.07. The van der Waals surface area contributed by atoms with Crippen LogP contribution in [-0.4, -0.2) is 0 Å². The first-order chi connectivity index (χ1) is 23.8. The Balaban J connectivity index is 1.19. The van der Waals surface area contributed by atoms with E-state index in [1.807, 2.05) is 11.3 Å². The van der Waals surface area contributed by atoms with Gasteiger partial charge in [-0.05, 0) is 95.7 Å². The molecule has 11 aromatic rings. The maximum absolute atomic E-state index is 6.73. The Kier molecular flexibility index (Phi) is 5.32. The first-order valence-corrected chi connectivity index (χ1v) is 17.2. The summed E-state index contributed by atoms with van der Waals surface area (Å²) in [7, 11) is 0. The summed E-state index contributed by atoms with van der Waals surface area (Å²) in [4.78, 5) is 0. The van der Waals surface area contributed by atoms with Crippen molar-refractivity contribution in [3.05, 3.63) is 158 Å². The van der Waals surface area contributed by atoms with Crippen LogP contribution in [0.25, 0.3) is 107 Å². The van der Waals surface area contributed by atoms with Crippen molar-refractivity contribution in [3.8, 4) is 22.3 Å². The van der Waals surface area contributed by atoms with Crippen LogP contribution in [0.1, 0.15) is 0 Å². The van der Waals surface area contributed by atoms with Crippen molar-refractivity contribution in [2.45, 2.75) is 0 Å².